The van der Waals surface area contributed by atoms with E-state index in [1.165, 1.54) is 23.1 Å². The van der Waals surface area contributed by atoms with Crippen molar-refractivity contribution in [3.05, 3.63) is 44.4 Å². The first-order valence-corrected chi connectivity index (χ1v) is 9.10. The van der Waals surface area contributed by atoms with E-state index in [0.29, 0.717) is 12.4 Å². The number of carbonyl (C=O) groups is 1. The minimum Gasteiger partial charge on any atom is -0.497 e. The number of fused-ring (bicyclic) bond motifs is 1. The van der Waals surface area contributed by atoms with Crippen molar-refractivity contribution in [2.24, 2.45) is 5.92 Å². The molecule has 0 saturated carbocycles. The molecule has 122 valence electrons. The molecule has 1 N–H and O–H groups in total. The number of thioether (sulfide) groups is 1. The van der Waals surface area contributed by atoms with E-state index in [1.807, 2.05) is 24.3 Å². The topological polar surface area (TPSA) is 68.4 Å². The fourth-order valence-electron chi connectivity index (χ4n) is 2.74. The van der Waals surface area contributed by atoms with Gasteiger partial charge in [0.2, 0.25) is 0 Å². The third-order valence-electron chi connectivity index (χ3n) is 3.80. The number of carbonyl (C=O) groups excluding carboxylic acids is 1. The standard InChI is InChI=1S/C16H17NO4S2/c1-3-21-15(18)11-8-22-14-13(23-16(19)17-14)12(11)9-4-6-10(20-2)7-5-9/h4-7,11-12H,3,8H2,1-2H3,(H,17,19)/t11-,12-/m0/s1. The van der Waals surface area contributed by atoms with E-state index in [2.05, 4.69) is 4.98 Å². The summed E-state index contributed by atoms with van der Waals surface area (Å²) in [5, 5.41) is 0.862. The van der Waals surface area contributed by atoms with Crippen molar-refractivity contribution in [3.63, 3.8) is 0 Å². The Labute approximate surface area is 142 Å². The number of H-pyrrole nitrogens is 1. The molecule has 0 fully saturated rings. The lowest BCUT2D eigenvalue weighted by Crippen LogP contribution is -2.29. The zero-order valence-corrected chi connectivity index (χ0v) is 14.5. The van der Waals surface area contributed by atoms with Gasteiger partial charge in [0.25, 0.3) is 0 Å². The molecule has 23 heavy (non-hydrogen) atoms. The van der Waals surface area contributed by atoms with Crippen molar-refractivity contribution in [2.45, 2.75) is 17.9 Å². The number of methoxy groups -OCH3 is 1. The zero-order valence-electron chi connectivity index (χ0n) is 12.8. The lowest BCUT2D eigenvalue weighted by molar-refractivity contribution is -0.147. The fraction of sp³-hybridized carbons (Fsp3) is 0.375. The van der Waals surface area contributed by atoms with E-state index in [9.17, 15) is 9.59 Å². The van der Waals surface area contributed by atoms with Gasteiger partial charge in [-0.15, -0.1) is 11.8 Å². The number of aromatic amines is 1. The first kappa shape index (κ1) is 16.1. The zero-order chi connectivity index (χ0) is 16.4. The molecule has 7 heteroatoms. The maximum Gasteiger partial charge on any atom is 0.310 e. The molecular weight excluding hydrogens is 334 g/mol. The summed E-state index contributed by atoms with van der Waals surface area (Å²) in [6, 6.07) is 7.63. The number of benzene rings is 1. The van der Waals surface area contributed by atoms with E-state index < -0.39 is 0 Å². The third kappa shape index (κ3) is 3.16. The Morgan fingerprint density at radius 1 is 1.35 bits per heavy atom. The largest absolute Gasteiger partial charge is 0.497 e. The highest BCUT2D eigenvalue weighted by Gasteiger charge is 2.39. The van der Waals surface area contributed by atoms with Crippen LogP contribution in [0.5, 0.6) is 5.75 Å². The summed E-state index contributed by atoms with van der Waals surface area (Å²) >= 11 is 2.68. The van der Waals surface area contributed by atoms with Crippen LogP contribution in [0.1, 0.15) is 23.3 Å². The minimum absolute atomic E-state index is 0.0921. The third-order valence-corrected chi connectivity index (χ3v) is 6.03. The van der Waals surface area contributed by atoms with Gasteiger partial charge in [0.15, 0.2) is 0 Å². The maximum atomic E-state index is 12.4. The Bertz CT molecular complexity index is 750. The molecule has 1 aromatic heterocycles. The van der Waals surface area contributed by atoms with Gasteiger partial charge in [0.1, 0.15) is 5.75 Å². The van der Waals surface area contributed by atoms with Gasteiger partial charge in [0, 0.05) is 16.5 Å². The average Bonchev–Trinajstić information content (AvgIpc) is 2.94. The normalized spacial score (nSPS) is 19.9. The highest BCUT2D eigenvalue weighted by atomic mass is 32.2. The molecule has 0 amide bonds. The second-order valence-electron chi connectivity index (χ2n) is 5.13. The lowest BCUT2D eigenvalue weighted by atomic mass is 9.85. The number of thiazole rings is 1. The van der Waals surface area contributed by atoms with Gasteiger partial charge in [-0.25, -0.2) is 0 Å². The summed E-state index contributed by atoms with van der Waals surface area (Å²) in [7, 11) is 1.61. The molecule has 5 nitrogen and oxygen atoms in total. The number of hydrogen-bond donors (Lipinski definition) is 1. The average molecular weight is 351 g/mol. The number of nitrogens with one attached hydrogen (secondary N) is 1. The van der Waals surface area contributed by atoms with E-state index in [0.717, 1.165) is 21.2 Å². The molecule has 0 unspecified atom stereocenters. The van der Waals surface area contributed by atoms with Gasteiger partial charge >= 0.3 is 10.8 Å². The van der Waals surface area contributed by atoms with Gasteiger partial charge < -0.3 is 14.5 Å². The number of ether oxygens (including phenoxy) is 2. The smallest absolute Gasteiger partial charge is 0.310 e. The molecule has 0 radical (unpaired) electrons. The molecule has 0 bridgehead atoms. The molecule has 1 aliphatic heterocycles. The van der Waals surface area contributed by atoms with Crippen molar-refractivity contribution < 1.29 is 14.3 Å². The Morgan fingerprint density at radius 2 is 2.09 bits per heavy atom. The molecular formula is C16H17NO4S2. The van der Waals surface area contributed by atoms with Crippen LogP contribution < -0.4 is 9.61 Å². The van der Waals surface area contributed by atoms with Gasteiger partial charge in [-0.2, -0.15) is 0 Å². The van der Waals surface area contributed by atoms with Gasteiger partial charge in [-0.3, -0.25) is 9.59 Å². The van der Waals surface area contributed by atoms with Crippen LogP contribution in [0.15, 0.2) is 34.1 Å². The molecule has 0 saturated heterocycles. The van der Waals surface area contributed by atoms with Crippen molar-refractivity contribution in [3.8, 4) is 5.75 Å². The van der Waals surface area contributed by atoms with Crippen molar-refractivity contribution in [2.75, 3.05) is 19.5 Å². The molecule has 1 aromatic carbocycles. The summed E-state index contributed by atoms with van der Waals surface area (Å²) in [6.45, 7) is 2.15. The van der Waals surface area contributed by atoms with Crippen molar-refractivity contribution in [1.82, 2.24) is 4.98 Å². The summed E-state index contributed by atoms with van der Waals surface area (Å²) in [6.07, 6.45) is 0. The first-order valence-electron chi connectivity index (χ1n) is 7.30. The number of rotatable bonds is 4. The Balaban J connectivity index is 2.04. The van der Waals surface area contributed by atoms with E-state index in [4.69, 9.17) is 9.47 Å². The Morgan fingerprint density at radius 3 is 2.74 bits per heavy atom. The fourth-order valence-corrected chi connectivity index (χ4v) is 5.14. The van der Waals surface area contributed by atoms with Gasteiger partial charge in [0.05, 0.1) is 24.7 Å². The van der Waals surface area contributed by atoms with Crippen LogP contribution in [0.2, 0.25) is 0 Å². The SMILES string of the molecule is CCOC(=O)[C@H]1CSc2[nH]c(=O)sc2[C@H]1c1ccc(OC)cc1. The maximum absolute atomic E-state index is 12.4. The van der Waals surface area contributed by atoms with Crippen LogP contribution in [0.3, 0.4) is 0 Å². The second kappa shape index (κ2) is 6.80. The minimum atomic E-state index is -0.299. The first-order chi connectivity index (χ1) is 11.1. The summed E-state index contributed by atoms with van der Waals surface area (Å²) in [5.41, 5.74) is 0.987. The number of aromatic nitrogens is 1. The quantitative estimate of drug-likeness (QED) is 0.858. The highest BCUT2D eigenvalue weighted by Crippen LogP contribution is 2.45. The highest BCUT2D eigenvalue weighted by molar-refractivity contribution is 7.99. The second-order valence-corrected chi connectivity index (χ2v) is 7.17. The van der Waals surface area contributed by atoms with E-state index in [-0.39, 0.29) is 22.7 Å². The molecule has 2 aromatic rings. The molecule has 2 heterocycles. The predicted molar refractivity (Wildman–Crippen MR) is 90.6 cm³/mol. The van der Waals surface area contributed by atoms with E-state index in [1.54, 1.807) is 14.0 Å². The lowest BCUT2D eigenvalue weighted by Gasteiger charge is -2.29. The molecule has 0 spiro atoms. The van der Waals surface area contributed by atoms with Crippen LogP contribution >= 0.6 is 23.1 Å². The molecule has 2 atom stereocenters. The van der Waals surface area contributed by atoms with Crippen molar-refractivity contribution in [1.29, 1.82) is 0 Å². The van der Waals surface area contributed by atoms with Crippen LogP contribution in [-0.2, 0) is 9.53 Å². The van der Waals surface area contributed by atoms with Crippen molar-refractivity contribution >= 4 is 29.1 Å². The Kier molecular flexibility index (Phi) is 4.77. The van der Waals surface area contributed by atoms with Crippen LogP contribution in [0.25, 0.3) is 0 Å². The monoisotopic (exact) mass is 351 g/mol. The number of esters is 1. The van der Waals surface area contributed by atoms with E-state index >= 15 is 0 Å². The van der Waals surface area contributed by atoms with Crippen LogP contribution in [0, 0.1) is 5.92 Å². The summed E-state index contributed by atoms with van der Waals surface area (Å²) < 4.78 is 10.4. The molecule has 3 rings (SSSR count). The van der Waals surface area contributed by atoms with Gasteiger partial charge in [-0.05, 0) is 24.6 Å². The number of hydrogen-bond acceptors (Lipinski definition) is 6. The summed E-state index contributed by atoms with van der Waals surface area (Å²) in [5.74, 6) is 0.670. The molecule has 0 aliphatic carbocycles. The molecule has 1 aliphatic rings. The summed E-state index contributed by atoms with van der Waals surface area (Å²) in [4.78, 5) is 27.8. The van der Waals surface area contributed by atoms with Crippen LogP contribution in [0.4, 0.5) is 0 Å². The Hall–Kier alpha value is -1.73. The van der Waals surface area contributed by atoms with Gasteiger partial charge in [-0.1, -0.05) is 23.5 Å². The van der Waals surface area contributed by atoms with Crippen LogP contribution in [-0.4, -0.2) is 30.4 Å². The predicted octanol–water partition coefficient (Wildman–Crippen LogP) is 2.86.